The molecule has 2 aromatic rings. The topological polar surface area (TPSA) is 29.0 Å². The molecule has 1 aliphatic rings. The highest BCUT2D eigenvalue weighted by atomic mass is 79.9. The number of pyridine rings is 2. The minimum absolute atomic E-state index is 0.837. The molecule has 0 amide bonds. The van der Waals surface area contributed by atoms with Gasteiger partial charge in [0.15, 0.2) is 0 Å². The van der Waals surface area contributed by atoms with Crippen LogP contribution in [0, 0.1) is 5.92 Å². The molecule has 0 aliphatic heterocycles. The van der Waals surface area contributed by atoms with Crippen LogP contribution in [-0.4, -0.2) is 23.6 Å². The summed E-state index contributed by atoms with van der Waals surface area (Å²) in [6.45, 7) is 1.12. The Kier molecular flexibility index (Phi) is 3.69. The van der Waals surface area contributed by atoms with E-state index in [2.05, 4.69) is 43.9 Å². The summed E-state index contributed by atoms with van der Waals surface area (Å²) in [5.74, 6) is 0.837. The molecule has 0 radical (unpaired) electrons. The zero-order valence-electron chi connectivity index (χ0n) is 11.1. The second-order valence-corrected chi connectivity index (χ2v) is 6.30. The minimum Gasteiger partial charge on any atom is -0.372 e. The average molecular weight is 320 g/mol. The normalized spacial score (nSPS) is 16.1. The van der Waals surface area contributed by atoms with Crippen LogP contribution in [0.15, 0.2) is 29.0 Å². The molecule has 1 fully saturated rings. The number of aromatic nitrogens is 2. The van der Waals surface area contributed by atoms with Crippen molar-refractivity contribution in [2.45, 2.75) is 25.7 Å². The molecule has 0 bridgehead atoms. The van der Waals surface area contributed by atoms with E-state index < -0.39 is 0 Å². The van der Waals surface area contributed by atoms with Gasteiger partial charge in [-0.25, -0.2) is 0 Å². The zero-order chi connectivity index (χ0) is 13.2. The van der Waals surface area contributed by atoms with Gasteiger partial charge in [0.2, 0.25) is 0 Å². The summed E-state index contributed by atoms with van der Waals surface area (Å²) < 4.78 is 0.975. The van der Waals surface area contributed by atoms with E-state index in [1.165, 1.54) is 31.4 Å². The largest absolute Gasteiger partial charge is 0.372 e. The van der Waals surface area contributed by atoms with Crippen molar-refractivity contribution < 1.29 is 0 Å². The van der Waals surface area contributed by atoms with Crippen molar-refractivity contribution in [1.82, 2.24) is 9.97 Å². The fourth-order valence-electron chi connectivity index (χ4n) is 2.98. The van der Waals surface area contributed by atoms with Gasteiger partial charge in [0, 0.05) is 30.5 Å². The number of nitrogens with zero attached hydrogens (tertiary/aromatic N) is 3. The van der Waals surface area contributed by atoms with E-state index >= 15 is 0 Å². The van der Waals surface area contributed by atoms with Crippen molar-refractivity contribution >= 4 is 32.7 Å². The summed E-state index contributed by atoms with van der Waals surface area (Å²) in [5.41, 5.74) is 3.13. The first kappa shape index (κ1) is 12.9. The number of halogens is 1. The van der Waals surface area contributed by atoms with Crippen LogP contribution in [0.1, 0.15) is 25.7 Å². The predicted molar refractivity (Wildman–Crippen MR) is 82.5 cm³/mol. The quantitative estimate of drug-likeness (QED) is 0.855. The lowest BCUT2D eigenvalue weighted by Gasteiger charge is -2.23. The molecule has 1 saturated carbocycles. The maximum Gasteiger partial charge on any atom is 0.112 e. The van der Waals surface area contributed by atoms with Crippen LogP contribution >= 0.6 is 15.9 Å². The lowest BCUT2D eigenvalue weighted by Crippen LogP contribution is -2.24. The third kappa shape index (κ3) is 2.73. The number of rotatable bonds is 3. The van der Waals surface area contributed by atoms with Gasteiger partial charge in [0.05, 0.1) is 11.2 Å². The van der Waals surface area contributed by atoms with Crippen LogP contribution in [0.4, 0.5) is 5.69 Å². The molecule has 0 atom stereocenters. The van der Waals surface area contributed by atoms with Crippen LogP contribution in [0.3, 0.4) is 0 Å². The van der Waals surface area contributed by atoms with E-state index in [-0.39, 0.29) is 0 Å². The summed E-state index contributed by atoms with van der Waals surface area (Å²) in [6.07, 6.45) is 9.23. The van der Waals surface area contributed by atoms with Crippen LogP contribution in [0.25, 0.3) is 11.0 Å². The highest BCUT2D eigenvalue weighted by Gasteiger charge is 2.18. The van der Waals surface area contributed by atoms with E-state index in [0.717, 1.165) is 28.0 Å². The van der Waals surface area contributed by atoms with Crippen molar-refractivity contribution in [3.8, 4) is 0 Å². The highest BCUT2D eigenvalue weighted by molar-refractivity contribution is 9.10. The highest BCUT2D eigenvalue weighted by Crippen LogP contribution is 2.29. The first-order valence-corrected chi connectivity index (χ1v) is 7.65. The van der Waals surface area contributed by atoms with Gasteiger partial charge in [-0.3, -0.25) is 9.97 Å². The smallest absolute Gasteiger partial charge is 0.112 e. The first-order valence-electron chi connectivity index (χ1n) is 6.85. The van der Waals surface area contributed by atoms with Gasteiger partial charge in [-0.2, -0.15) is 0 Å². The van der Waals surface area contributed by atoms with Crippen LogP contribution < -0.4 is 4.90 Å². The van der Waals surface area contributed by atoms with E-state index in [4.69, 9.17) is 0 Å². The molecule has 0 spiro atoms. The predicted octanol–water partition coefficient (Wildman–Crippen LogP) is 4.02. The second-order valence-electron chi connectivity index (χ2n) is 5.38. The molecule has 2 heterocycles. The zero-order valence-corrected chi connectivity index (χ0v) is 12.7. The summed E-state index contributed by atoms with van der Waals surface area (Å²) in [5, 5.41) is 0. The molecule has 3 nitrogen and oxygen atoms in total. The summed E-state index contributed by atoms with van der Waals surface area (Å²) in [7, 11) is 2.16. The monoisotopic (exact) mass is 319 g/mol. The fraction of sp³-hybridized carbons (Fsp3) is 0.467. The molecule has 100 valence electrons. The van der Waals surface area contributed by atoms with Crippen molar-refractivity contribution in [3.05, 3.63) is 29.0 Å². The first-order chi connectivity index (χ1) is 9.24. The SMILES string of the molecule is CN(CC1CCCC1)c1ccnc2cc(Br)cnc12. The number of anilines is 1. The number of hydrogen-bond acceptors (Lipinski definition) is 3. The van der Waals surface area contributed by atoms with E-state index in [0.29, 0.717) is 0 Å². The Bertz CT molecular complexity index is 579. The molecule has 0 saturated heterocycles. The molecule has 0 aromatic carbocycles. The Morgan fingerprint density at radius 1 is 1.32 bits per heavy atom. The summed E-state index contributed by atoms with van der Waals surface area (Å²) >= 11 is 3.45. The van der Waals surface area contributed by atoms with Crippen molar-refractivity contribution in [2.75, 3.05) is 18.5 Å². The van der Waals surface area contributed by atoms with Gasteiger partial charge in [0.25, 0.3) is 0 Å². The molecule has 2 aromatic heterocycles. The van der Waals surface area contributed by atoms with Gasteiger partial charge in [-0.15, -0.1) is 0 Å². The molecule has 0 unspecified atom stereocenters. The van der Waals surface area contributed by atoms with E-state index in [1.54, 1.807) is 0 Å². The van der Waals surface area contributed by atoms with Gasteiger partial charge >= 0.3 is 0 Å². The number of hydrogen-bond donors (Lipinski definition) is 0. The Balaban J connectivity index is 1.90. The molecule has 3 rings (SSSR count). The summed E-state index contributed by atoms with van der Waals surface area (Å²) in [6, 6.07) is 4.09. The van der Waals surface area contributed by atoms with Crippen molar-refractivity contribution in [3.63, 3.8) is 0 Å². The Morgan fingerprint density at radius 3 is 2.89 bits per heavy atom. The Labute approximate surface area is 122 Å². The molecule has 1 aliphatic carbocycles. The van der Waals surface area contributed by atoms with Gasteiger partial charge in [-0.05, 0) is 46.8 Å². The fourth-order valence-corrected chi connectivity index (χ4v) is 3.30. The van der Waals surface area contributed by atoms with Crippen LogP contribution in [-0.2, 0) is 0 Å². The van der Waals surface area contributed by atoms with Crippen molar-refractivity contribution in [2.24, 2.45) is 5.92 Å². The molecule has 19 heavy (non-hydrogen) atoms. The van der Waals surface area contributed by atoms with E-state index in [9.17, 15) is 0 Å². The second kappa shape index (κ2) is 5.45. The lowest BCUT2D eigenvalue weighted by atomic mass is 10.1. The molecular weight excluding hydrogens is 302 g/mol. The third-order valence-electron chi connectivity index (χ3n) is 3.94. The van der Waals surface area contributed by atoms with Crippen molar-refractivity contribution in [1.29, 1.82) is 0 Å². The third-order valence-corrected chi connectivity index (χ3v) is 4.37. The van der Waals surface area contributed by atoms with Gasteiger partial charge in [-0.1, -0.05) is 12.8 Å². The Hall–Kier alpha value is -1.16. The minimum atomic E-state index is 0.837. The molecule has 0 N–H and O–H groups in total. The maximum atomic E-state index is 4.53. The number of fused-ring (bicyclic) bond motifs is 1. The Morgan fingerprint density at radius 2 is 2.11 bits per heavy atom. The lowest BCUT2D eigenvalue weighted by molar-refractivity contribution is 0.547. The van der Waals surface area contributed by atoms with Gasteiger partial charge < -0.3 is 4.90 Å². The van der Waals surface area contributed by atoms with Crippen LogP contribution in [0.5, 0.6) is 0 Å². The average Bonchev–Trinajstić information content (AvgIpc) is 2.90. The van der Waals surface area contributed by atoms with E-state index in [1.807, 2.05) is 18.5 Å². The summed E-state index contributed by atoms with van der Waals surface area (Å²) in [4.78, 5) is 11.3. The van der Waals surface area contributed by atoms with Gasteiger partial charge in [0.1, 0.15) is 5.52 Å². The maximum absolute atomic E-state index is 4.53. The van der Waals surface area contributed by atoms with Crippen LogP contribution in [0.2, 0.25) is 0 Å². The molecule has 4 heteroatoms. The molecular formula is C15H18BrN3. The standard InChI is InChI=1S/C15H18BrN3/c1-19(10-11-4-2-3-5-11)14-6-7-17-13-8-12(16)9-18-15(13)14/h6-9,11H,2-5,10H2,1H3.